The number of hydrogen-bond donors (Lipinski definition) is 1. The van der Waals surface area contributed by atoms with Crippen LogP contribution in [0, 0.1) is 0 Å². The smallest absolute Gasteiger partial charge is 0.0562 e. The molecule has 2 N–H and O–H groups in total. The summed E-state index contributed by atoms with van der Waals surface area (Å²) in [4.78, 5) is 1.12. The number of thioether (sulfide) groups is 1. The van der Waals surface area contributed by atoms with Gasteiger partial charge in [-0.3, -0.25) is 0 Å². The number of benzene rings is 8. The van der Waals surface area contributed by atoms with Crippen LogP contribution in [0.25, 0.3) is 76.5 Å². The van der Waals surface area contributed by atoms with Crippen molar-refractivity contribution in [3.8, 4) is 11.4 Å². The zero-order valence-electron chi connectivity index (χ0n) is 26.7. The van der Waals surface area contributed by atoms with Gasteiger partial charge in [0.25, 0.3) is 0 Å². The first-order valence-corrected chi connectivity index (χ1v) is 17.7. The highest BCUT2D eigenvalue weighted by molar-refractivity contribution is 7.98. The van der Waals surface area contributed by atoms with Crippen molar-refractivity contribution in [3.05, 3.63) is 169 Å². The summed E-state index contributed by atoms with van der Waals surface area (Å²) in [5, 5.41) is 9.66. The Morgan fingerprint density at radius 3 is 1.73 bits per heavy atom. The lowest BCUT2D eigenvalue weighted by Crippen LogP contribution is -1.96. The molecule has 4 heteroatoms. The van der Waals surface area contributed by atoms with Crippen LogP contribution in [-0.2, 0) is 5.75 Å². The van der Waals surface area contributed by atoms with Crippen molar-refractivity contribution >= 4 is 82.6 Å². The maximum Gasteiger partial charge on any atom is 0.0562 e. The van der Waals surface area contributed by atoms with Crippen molar-refractivity contribution in [2.75, 3.05) is 5.73 Å². The fourth-order valence-corrected chi connectivity index (χ4v) is 8.65. The van der Waals surface area contributed by atoms with E-state index in [1.807, 2.05) is 0 Å². The average molecular weight is 646 g/mol. The van der Waals surface area contributed by atoms with E-state index < -0.39 is 0 Å². The van der Waals surface area contributed by atoms with Crippen LogP contribution in [0.5, 0.6) is 0 Å². The minimum absolute atomic E-state index is 0.852. The fraction of sp³-hybridized carbons (Fsp3) is 0.0222. The maximum absolute atomic E-state index is 6.95. The molecule has 0 aliphatic rings. The molecular weight excluding hydrogens is 615 g/mol. The van der Waals surface area contributed by atoms with Crippen LogP contribution in [0.15, 0.2) is 169 Å². The number of nitrogens with zero attached hydrogens (tertiary/aromatic N) is 2. The Kier molecular flexibility index (Phi) is 6.33. The van der Waals surface area contributed by atoms with Crippen molar-refractivity contribution in [1.29, 1.82) is 0 Å². The van der Waals surface area contributed by atoms with E-state index in [0.29, 0.717) is 0 Å². The number of hydrogen-bond acceptors (Lipinski definition) is 2. The Morgan fingerprint density at radius 1 is 0.429 bits per heavy atom. The van der Waals surface area contributed by atoms with Gasteiger partial charge in [0, 0.05) is 49.0 Å². The fourth-order valence-electron chi connectivity index (χ4n) is 7.72. The molecule has 0 aliphatic carbocycles. The lowest BCUT2D eigenvalue weighted by Gasteiger charge is -2.14. The first kappa shape index (κ1) is 28.1. The molecule has 0 aliphatic heterocycles. The van der Waals surface area contributed by atoms with Crippen LogP contribution in [0.3, 0.4) is 0 Å². The van der Waals surface area contributed by atoms with Gasteiger partial charge in [0.2, 0.25) is 0 Å². The quantitative estimate of drug-likeness (QED) is 0.115. The van der Waals surface area contributed by atoms with Crippen LogP contribution in [-0.4, -0.2) is 9.13 Å². The largest absolute Gasteiger partial charge is 0.397 e. The highest BCUT2D eigenvalue weighted by Gasteiger charge is 2.19. The molecule has 8 aromatic carbocycles. The topological polar surface area (TPSA) is 35.9 Å². The van der Waals surface area contributed by atoms with E-state index in [9.17, 15) is 0 Å². The third kappa shape index (κ3) is 4.38. The maximum atomic E-state index is 6.95. The average Bonchev–Trinajstić information content (AvgIpc) is 3.66. The Balaban J connectivity index is 1.19. The van der Waals surface area contributed by atoms with Gasteiger partial charge in [-0.15, -0.1) is 11.8 Å². The molecule has 2 heterocycles. The van der Waals surface area contributed by atoms with Crippen molar-refractivity contribution in [1.82, 2.24) is 9.13 Å². The first-order valence-electron chi connectivity index (χ1n) is 16.7. The Bertz CT molecular complexity index is 2880. The molecule has 0 amide bonds. The zero-order valence-corrected chi connectivity index (χ0v) is 27.5. The van der Waals surface area contributed by atoms with Gasteiger partial charge in [-0.05, 0) is 76.3 Å². The van der Waals surface area contributed by atoms with E-state index in [-0.39, 0.29) is 0 Å². The minimum atomic E-state index is 0.852. The lowest BCUT2D eigenvalue weighted by molar-refractivity contribution is 1.17. The second kappa shape index (κ2) is 11.0. The van der Waals surface area contributed by atoms with Crippen molar-refractivity contribution in [2.45, 2.75) is 10.6 Å². The molecule has 0 fully saturated rings. The molecule has 49 heavy (non-hydrogen) atoms. The molecule has 0 bridgehead atoms. The van der Waals surface area contributed by atoms with E-state index in [4.69, 9.17) is 5.73 Å². The lowest BCUT2D eigenvalue weighted by atomic mass is 10.00. The standard InChI is InChI=1S/C45H31N3S/c46-45-43(49-28-29-11-3-1-4-12-29)24-21-30-19-20-31-25-33(22-23-34(31)44(30)45)48-40-18-10-8-16-36(40)38-26-37-35-15-7-9-17-39(35)47(41(37)27-42(38)48)32-13-5-2-6-14-32/h1-27H,28,46H2. The summed E-state index contributed by atoms with van der Waals surface area (Å²) in [5.74, 6) is 0.885. The number of aromatic nitrogens is 2. The van der Waals surface area contributed by atoms with Crippen LogP contribution in [0.1, 0.15) is 5.56 Å². The summed E-state index contributed by atoms with van der Waals surface area (Å²) in [7, 11) is 0. The SMILES string of the molecule is Nc1c(SCc2ccccc2)ccc2ccc3cc(-n4c5ccccc5c5cc6c7ccccc7n(-c7ccccc7)c6cc54)ccc3c12. The van der Waals surface area contributed by atoms with E-state index in [2.05, 4.69) is 173 Å². The summed E-state index contributed by atoms with van der Waals surface area (Å²) in [5.41, 5.74) is 16.2. The molecule has 2 aromatic heterocycles. The van der Waals surface area contributed by atoms with Crippen molar-refractivity contribution in [3.63, 3.8) is 0 Å². The van der Waals surface area contributed by atoms with Gasteiger partial charge in [0.05, 0.1) is 27.8 Å². The number of nitrogen functional groups attached to an aromatic ring is 1. The number of anilines is 1. The molecule has 0 radical (unpaired) electrons. The monoisotopic (exact) mass is 645 g/mol. The van der Waals surface area contributed by atoms with Gasteiger partial charge in [0.15, 0.2) is 0 Å². The summed E-state index contributed by atoms with van der Waals surface area (Å²) in [6.45, 7) is 0. The summed E-state index contributed by atoms with van der Waals surface area (Å²) >= 11 is 1.80. The number of fused-ring (bicyclic) bond motifs is 9. The van der Waals surface area contributed by atoms with Crippen LogP contribution in [0.4, 0.5) is 5.69 Å². The first-order chi connectivity index (χ1) is 24.2. The third-order valence-electron chi connectivity index (χ3n) is 9.96. The van der Waals surface area contributed by atoms with Gasteiger partial charge in [-0.25, -0.2) is 0 Å². The second-order valence-corrected chi connectivity index (χ2v) is 13.8. The van der Waals surface area contributed by atoms with E-state index in [0.717, 1.165) is 38.5 Å². The van der Waals surface area contributed by atoms with Gasteiger partial charge < -0.3 is 14.9 Å². The number of nitrogens with two attached hydrogens (primary N) is 1. The van der Waals surface area contributed by atoms with E-state index in [1.54, 1.807) is 11.8 Å². The Hall–Kier alpha value is -5.97. The number of para-hydroxylation sites is 3. The highest BCUT2D eigenvalue weighted by atomic mass is 32.2. The predicted molar refractivity (Wildman–Crippen MR) is 211 cm³/mol. The summed E-state index contributed by atoms with van der Waals surface area (Å²) in [6, 6.07) is 59.2. The molecule has 0 saturated carbocycles. The molecule has 0 spiro atoms. The van der Waals surface area contributed by atoms with Gasteiger partial charge >= 0.3 is 0 Å². The molecule has 0 unspecified atom stereocenters. The van der Waals surface area contributed by atoms with Crippen LogP contribution < -0.4 is 5.73 Å². The minimum Gasteiger partial charge on any atom is -0.397 e. The molecule has 0 atom stereocenters. The second-order valence-electron chi connectivity index (χ2n) is 12.7. The predicted octanol–water partition coefficient (Wildman–Crippen LogP) is 12.1. The van der Waals surface area contributed by atoms with Gasteiger partial charge in [0.1, 0.15) is 0 Å². The van der Waals surface area contributed by atoms with Crippen LogP contribution >= 0.6 is 11.8 Å². The van der Waals surface area contributed by atoms with Crippen molar-refractivity contribution < 1.29 is 0 Å². The molecule has 10 rings (SSSR count). The third-order valence-corrected chi connectivity index (χ3v) is 11.1. The molecule has 0 saturated heterocycles. The molecule has 3 nitrogen and oxygen atoms in total. The zero-order chi connectivity index (χ0) is 32.5. The Labute approximate surface area is 287 Å². The summed E-state index contributed by atoms with van der Waals surface area (Å²) in [6.07, 6.45) is 0. The highest BCUT2D eigenvalue weighted by Crippen LogP contribution is 2.41. The van der Waals surface area contributed by atoms with E-state index >= 15 is 0 Å². The molecule has 10 aromatic rings. The Morgan fingerprint density at radius 2 is 1.02 bits per heavy atom. The van der Waals surface area contributed by atoms with Crippen LogP contribution in [0.2, 0.25) is 0 Å². The van der Waals surface area contributed by atoms with Gasteiger partial charge in [-0.2, -0.15) is 0 Å². The normalized spacial score (nSPS) is 11.9. The number of rotatable bonds is 5. The molecular formula is C45H31N3S. The molecule has 232 valence electrons. The summed E-state index contributed by atoms with van der Waals surface area (Å²) < 4.78 is 4.82. The van der Waals surface area contributed by atoms with Gasteiger partial charge in [-0.1, -0.05) is 109 Å². The van der Waals surface area contributed by atoms with E-state index in [1.165, 1.54) is 59.9 Å². The van der Waals surface area contributed by atoms with Crippen molar-refractivity contribution in [2.24, 2.45) is 0 Å².